The fourth-order valence-corrected chi connectivity index (χ4v) is 4.97. The number of esters is 1. The Morgan fingerprint density at radius 1 is 1.14 bits per heavy atom. The quantitative estimate of drug-likeness (QED) is 0.270. The maximum Gasteiger partial charge on any atom is 0.416 e. The third kappa shape index (κ3) is 5.59. The third-order valence-corrected chi connectivity index (χ3v) is 7.01. The number of benzene rings is 2. The predicted molar refractivity (Wildman–Crippen MR) is 145 cm³/mol. The Hall–Kier alpha value is -5.38. The van der Waals surface area contributed by atoms with Crippen LogP contribution in [0, 0.1) is 11.3 Å². The normalized spacial score (nSPS) is 18.7. The number of ether oxygens (including phenoxy) is 2. The lowest BCUT2D eigenvalue weighted by molar-refractivity contribution is -0.142. The summed E-state index contributed by atoms with van der Waals surface area (Å²) in [5.41, 5.74) is -0.278. The van der Waals surface area contributed by atoms with E-state index in [0.29, 0.717) is 11.1 Å². The molecule has 0 saturated heterocycles. The number of carbonyl (C=O) groups is 3. The molecule has 3 aromatic rings. The molecule has 0 fully saturated rings. The predicted octanol–water partition coefficient (Wildman–Crippen LogP) is 5.28. The minimum atomic E-state index is -4.70. The summed E-state index contributed by atoms with van der Waals surface area (Å²) in [6.07, 6.45) is -3.40. The van der Waals surface area contributed by atoms with Gasteiger partial charge in [0, 0.05) is 5.70 Å². The summed E-state index contributed by atoms with van der Waals surface area (Å²) in [6, 6.07) is 12.4. The van der Waals surface area contributed by atoms with E-state index in [-0.39, 0.29) is 41.8 Å². The first-order valence-electron chi connectivity index (χ1n) is 12.9. The van der Waals surface area contributed by atoms with E-state index in [2.05, 4.69) is 4.99 Å². The molecule has 220 valence electrons. The maximum atomic E-state index is 14.3. The van der Waals surface area contributed by atoms with Gasteiger partial charge in [0.05, 0.1) is 54.4 Å². The number of halogens is 3. The smallest absolute Gasteiger partial charge is 0.416 e. The van der Waals surface area contributed by atoms with Crippen LogP contribution in [0.4, 0.5) is 23.7 Å². The Balaban J connectivity index is 1.71. The lowest BCUT2D eigenvalue weighted by Gasteiger charge is -2.43. The van der Waals surface area contributed by atoms with Crippen LogP contribution < -0.4 is 4.90 Å². The van der Waals surface area contributed by atoms with Crippen LogP contribution in [0.1, 0.15) is 40.2 Å². The Kier molecular flexibility index (Phi) is 7.78. The third-order valence-electron chi connectivity index (χ3n) is 7.01. The van der Waals surface area contributed by atoms with Crippen molar-refractivity contribution in [3.63, 3.8) is 0 Å². The number of hydrogen-bond acceptors (Lipinski definition) is 8. The molecule has 2 aromatic carbocycles. The number of amides is 2. The zero-order valence-corrected chi connectivity index (χ0v) is 22.8. The standard InChI is InChI=1S/C30H23F3N4O6/c1-17-25(27(38)23-7-4-12-42-23)26(19-10-8-18(14-34)9-11-19)36(15-24-35-22(16-43-24)28(39)41-2)29(40)37(17)21-6-3-5-20(13-21)30(31,32)33/h3-13,22,26H,15-16H2,1-2H3. The summed E-state index contributed by atoms with van der Waals surface area (Å²) >= 11 is 0. The number of nitrogens with zero attached hydrogens (tertiary/aromatic N) is 4. The van der Waals surface area contributed by atoms with E-state index in [4.69, 9.17) is 13.9 Å². The zero-order valence-electron chi connectivity index (χ0n) is 22.8. The molecule has 2 unspecified atom stereocenters. The van der Waals surface area contributed by atoms with Crippen molar-refractivity contribution in [1.82, 2.24) is 4.90 Å². The Morgan fingerprint density at radius 2 is 1.88 bits per heavy atom. The molecular formula is C30H23F3N4O6. The van der Waals surface area contributed by atoms with Crippen molar-refractivity contribution in [1.29, 1.82) is 5.26 Å². The topological polar surface area (TPSA) is 125 Å². The molecule has 5 rings (SSSR count). The van der Waals surface area contributed by atoms with Crippen LogP contribution in [-0.2, 0) is 20.4 Å². The van der Waals surface area contributed by atoms with Crippen LogP contribution in [0.15, 0.2) is 87.6 Å². The van der Waals surface area contributed by atoms with Crippen LogP contribution in [-0.4, -0.2) is 54.9 Å². The average molecular weight is 593 g/mol. The van der Waals surface area contributed by atoms with Gasteiger partial charge < -0.3 is 18.8 Å². The molecule has 2 amide bonds. The molecule has 3 heterocycles. The van der Waals surface area contributed by atoms with Gasteiger partial charge in [0.15, 0.2) is 11.8 Å². The summed E-state index contributed by atoms with van der Waals surface area (Å²) in [5, 5.41) is 9.31. The van der Waals surface area contributed by atoms with Gasteiger partial charge in [0.2, 0.25) is 11.7 Å². The summed E-state index contributed by atoms with van der Waals surface area (Å²) in [4.78, 5) is 46.7. The van der Waals surface area contributed by atoms with E-state index in [1.54, 1.807) is 12.1 Å². The SMILES string of the molecule is COC(=O)C1COC(CN2C(=O)N(c3cccc(C(F)(F)F)c3)C(C)=C(C(=O)c3ccco3)C2c2ccc(C#N)cc2)=N1. The number of aliphatic imine (C=N–C) groups is 1. The molecule has 0 aliphatic carbocycles. The first-order chi connectivity index (χ1) is 20.5. The number of alkyl halides is 3. The number of hydrogen-bond donors (Lipinski definition) is 0. The Morgan fingerprint density at radius 3 is 2.51 bits per heavy atom. The first-order valence-corrected chi connectivity index (χ1v) is 12.9. The molecular weight excluding hydrogens is 569 g/mol. The highest BCUT2D eigenvalue weighted by Crippen LogP contribution is 2.42. The second kappa shape index (κ2) is 11.5. The van der Waals surface area contributed by atoms with Gasteiger partial charge in [-0.15, -0.1) is 0 Å². The maximum absolute atomic E-state index is 14.3. The summed E-state index contributed by atoms with van der Waals surface area (Å²) in [6.45, 7) is 0.962. The molecule has 2 atom stereocenters. The number of rotatable bonds is 7. The van der Waals surface area contributed by atoms with Crippen molar-refractivity contribution in [2.75, 3.05) is 25.2 Å². The van der Waals surface area contributed by atoms with Gasteiger partial charge in [0.25, 0.3) is 0 Å². The minimum Gasteiger partial charge on any atom is -0.477 e. The lowest BCUT2D eigenvalue weighted by atomic mass is 9.88. The number of anilines is 1. The number of ketones is 1. The van der Waals surface area contributed by atoms with E-state index in [0.717, 1.165) is 23.1 Å². The molecule has 2 aliphatic heterocycles. The first kappa shape index (κ1) is 29.1. The molecule has 43 heavy (non-hydrogen) atoms. The number of carbonyl (C=O) groups excluding carboxylic acids is 3. The average Bonchev–Trinajstić information content (AvgIpc) is 3.71. The number of allylic oxidation sites excluding steroid dienone is 1. The van der Waals surface area contributed by atoms with Crippen molar-refractivity contribution < 1.29 is 41.4 Å². The highest BCUT2D eigenvalue weighted by atomic mass is 19.4. The summed E-state index contributed by atoms with van der Waals surface area (Å²) in [5.74, 6) is -1.35. The van der Waals surface area contributed by atoms with E-state index >= 15 is 0 Å². The number of urea groups is 1. The van der Waals surface area contributed by atoms with Crippen LogP contribution in [0.25, 0.3) is 0 Å². The van der Waals surface area contributed by atoms with Gasteiger partial charge in [-0.3, -0.25) is 9.69 Å². The zero-order chi connectivity index (χ0) is 30.9. The van der Waals surface area contributed by atoms with Gasteiger partial charge in [-0.1, -0.05) is 18.2 Å². The van der Waals surface area contributed by atoms with Crippen molar-refractivity contribution in [2.24, 2.45) is 4.99 Å². The molecule has 1 aromatic heterocycles. The van der Waals surface area contributed by atoms with E-state index < -0.39 is 41.6 Å². The molecule has 0 spiro atoms. The second-order valence-corrected chi connectivity index (χ2v) is 9.61. The van der Waals surface area contributed by atoms with Gasteiger partial charge in [-0.2, -0.15) is 18.4 Å². The number of furan rings is 1. The van der Waals surface area contributed by atoms with Gasteiger partial charge in [0.1, 0.15) is 6.61 Å². The monoisotopic (exact) mass is 592 g/mol. The molecule has 0 saturated carbocycles. The molecule has 13 heteroatoms. The van der Waals surface area contributed by atoms with Crippen LogP contribution in [0.5, 0.6) is 0 Å². The van der Waals surface area contributed by atoms with Crippen LogP contribution in [0.2, 0.25) is 0 Å². The van der Waals surface area contributed by atoms with E-state index in [1.165, 1.54) is 55.5 Å². The van der Waals surface area contributed by atoms with Gasteiger partial charge >= 0.3 is 18.2 Å². The van der Waals surface area contributed by atoms with Gasteiger partial charge in [-0.05, 0) is 55.0 Å². The molecule has 0 radical (unpaired) electrons. The van der Waals surface area contributed by atoms with Crippen molar-refractivity contribution in [3.05, 3.63) is 101 Å². The highest BCUT2D eigenvalue weighted by Gasteiger charge is 2.45. The van der Waals surface area contributed by atoms with Crippen LogP contribution in [0.3, 0.4) is 0 Å². The number of methoxy groups -OCH3 is 1. The van der Waals surface area contributed by atoms with Crippen molar-refractivity contribution >= 4 is 29.4 Å². The molecule has 0 N–H and O–H groups in total. The second-order valence-electron chi connectivity index (χ2n) is 9.61. The van der Waals surface area contributed by atoms with Crippen molar-refractivity contribution in [2.45, 2.75) is 25.2 Å². The Labute approximate surface area is 243 Å². The summed E-state index contributed by atoms with van der Waals surface area (Å²) < 4.78 is 56.7. The molecule has 0 bridgehead atoms. The fraction of sp³-hybridized carbons (Fsp3) is 0.233. The van der Waals surface area contributed by atoms with E-state index in [9.17, 15) is 32.8 Å². The lowest BCUT2D eigenvalue weighted by Crippen LogP contribution is -2.52. The molecule has 10 nitrogen and oxygen atoms in total. The number of nitriles is 1. The number of Topliss-reactive ketones (excluding diaryl/α,β-unsaturated/α-hetero) is 1. The highest BCUT2D eigenvalue weighted by molar-refractivity contribution is 6.12. The Bertz CT molecular complexity index is 1670. The fourth-order valence-electron chi connectivity index (χ4n) is 4.97. The summed E-state index contributed by atoms with van der Waals surface area (Å²) in [7, 11) is 1.19. The van der Waals surface area contributed by atoms with Crippen LogP contribution >= 0.6 is 0 Å². The van der Waals surface area contributed by atoms with Gasteiger partial charge in [-0.25, -0.2) is 14.6 Å². The van der Waals surface area contributed by atoms with Crippen molar-refractivity contribution in [3.8, 4) is 6.07 Å². The van der Waals surface area contributed by atoms with E-state index in [1.807, 2.05) is 6.07 Å². The molecule has 2 aliphatic rings. The minimum absolute atomic E-state index is 0.0178. The largest absolute Gasteiger partial charge is 0.477 e.